The largest absolute Gasteiger partial charge is 0.386 e. The third-order valence-corrected chi connectivity index (χ3v) is 4.31. The second-order valence-corrected chi connectivity index (χ2v) is 5.68. The van der Waals surface area contributed by atoms with E-state index >= 15 is 0 Å². The molecule has 4 heteroatoms. The van der Waals surface area contributed by atoms with Gasteiger partial charge < -0.3 is 9.67 Å². The smallest absolute Gasteiger partial charge is 0.150 e. The number of aliphatic hydroxyl groups is 1. The Balaban J connectivity index is 1.92. The number of benzene rings is 1. The van der Waals surface area contributed by atoms with E-state index in [0.29, 0.717) is 0 Å². The van der Waals surface area contributed by atoms with Crippen molar-refractivity contribution in [1.82, 2.24) is 9.55 Å². The lowest BCUT2D eigenvalue weighted by molar-refractivity contribution is 0.122. The maximum absolute atomic E-state index is 10.5. The molecule has 0 radical (unpaired) electrons. The second kappa shape index (κ2) is 5.61. The Morgan fingerprint density at radius 2 is 1.95 bits per heavy atom. The van der Waals surface area contributed by atoms with Gasteiger partial charge in [0.1, 0.15) is 5.82 Å². The third kappa shape index (κ3) is 2.40. The first-order valence-corrected chi connectivity index (χ1v) is 7.45. The molecule has 0 saturated heterocycles. The maximum Gasteiger partial charge on any atom is 0.150 e. The molecule has 0 saturated carbocycles. The van der Waals surface area contributed by atoms with Crippen molar-refractivity contribution in [2.24, 2.45) is 0 Å². The Morgan fingerprint density at radius 1 is 1.15 bits per heavy atom. The van der Waals surface area contributed by atoms with E-state index in [4.69, 9.17) is 0 Å². The third-order valence-electron chi connectivity index (χ3n) is 3.45. The number of aliphatic hydroxyl groups excluding tert-OH is 1. The molecule has 0 amide bonds. The zero-order chi connectivity index (χ0) is 13.9. The van der Waals surface area contributed by atoms with Crippen LogP contribution < -0.4 is 0 Å². The minimum absolute atomic E-state index is 0.0722. The van der Waals surface area contributed by atoms with Gasteiger partial charge in [0.2, 0.25) is 0 Å². The fourth-order valence-corrected chi connectivity index (χ4v) is 3.04. The molecule has 2 heterocycles. The van der Waals surface area contributed by atoms with Gasteiger partial charge in [-0.1, -0.05) is 36.4 Å². The van der Waals surface area contributed by atoms with Crippen LogP contribution in [-0.2, 0) is 0 Å². The van der Waals surface area contributed by atoms with Gasteiger partial charge in [-0.05, 0) is 23.9 Å². The predicted molar refractivity (Wildman–Crippen MR) is 81.7 cm³/mol. The van der Waals surface area contributed by atoms with Gasteiger partial charge in [-0.3, -0.25) is 0 Å². The van der Waals surface area contributed by atoms with Crippen molar-refractivity contribution in [1.29, 1.82) is 0 Å². The van der Waals surface area contributed by atoms with Gasteiger partial charge in [0, 0.05) is 12.4 Å². The molecule has 2 atom stereocenters. The number of aromatic nitrogens is 2. The zero-order valence-corrected chi connectivity index (χ0v) is 12.0. The van der Waals surface area contributed by atoms with E-state index in [0.717, 1.165) is 16.3 Å². The Hall–Kier alpha value is -1.91. The summed E-state index contributed by atoms with van der Waals surface area (Å²) in [5, 5.41) is 12.6. The Kier molecular flexibility index (Phi) is 3.67. The van der Waals surface area contributed by atoms with Crippen LogP contribution in [0.2, 0.25) is 0 Å². The van der Waals surface area contributed by atoms with Gasteiger partial charge >= 0.3 is 0 Å². The molecule has 0 fully saturated rings. The first-order valence-electron chi connectivity index (χ1n) is 6.57. The summed E-state index contributed by atoms with van der Waals surface area (Å²) in [6, 6.07) is 13.7. The van der Waals surface area contributed by atoms with E-state index in [2.05, 4.69) is 4.98 Å². The van der Waals surface area contributed by atoms with E-state index in [9.17, 15) is 5.11 Å². The first kappa shape index (κ1) is 13.1. The normalized spacial score (nSPS) is 14.1. The van der Waals surface area contributed by atoms with Crippen LogP contribution in [0, 0.1) is 0 Å². The molecular formula is C16H16N2OS. The fourth-order valence-electron chi connectivity index (χ4n) is 2.32. The highest BCUT2D eigenvalue weighted by Gasteiger charge is 2.20. The Bertz CT molecular complexity index is 661. The summed E-state index contributed by atoms with van der Waals surface area (Å²) >= 11 is 1.65. The van der Waals surface area contributed by atoms with E-state index in [1.54, 1.807) is 17.5 Å². The van der Waals surface area contributed by atoms with Crippen LogP contribution in [0.15, 0.2) is 60.2 Å². The topological polar surface area (TPSA) is 38.0 Å². The van der Waals surface area contributed by atoms with Crippen molar-refractivity contribution in [2.45, 2.75) is 19.1 Å². The van der Waals surface area contributed by atoms with Gasteiger partial charge in [0.25, 0.3) is 0 Å². The van der Waals surface area contributed by atoms with Gasteiger partial charge in [-0.2, -0.15) is 0 Å². The monoisotopic (exact) mass is 284 g/mol. The van der Waals surface area contributed by atoms with Crippen molar-refractivity contribution in [3.63, 3.8) is 0 Å². The summed E-state index contributed by atoms with van der Waals surface area (Å²) in [5.41, 5.74) is 0.922. The SMILES string of the molecule is CC(C(O)c1ccccc1)n1ccnc1-c1cccs1. The average Bonchev–Trinajstić information content (AvgIpc) is 3.16. The lowest BCUT2D eigenvalue weighted by Gasteiger charge is -2.22. The standard InChI is InChI=1S/C16H16N2OS/c1-12(15(19)13-6-3-2-4-7-13)18-10-9-17-16(18)14-8-5-11-20-14/h2-12,15,19H,1H3. The van der Waals surface area contributed by atoms with E-state index in [-0.39, 0.29) is 6.04 Å². The lowest BCUT2D eigenvalue weighted by Crippen LogP contribution is -2.15. The summed E-state index contributed by atoms with van der Waals surface area (Å²) in [7, 11) is 0. The maximum atomic E-state index is 10.5. The number of imidazole rings is 1. The molecule has 2 unspecified atom stereocenters. The van der Waals surface area contributed by atoms with Crippen LogP contribution in [0.5, 0.6) is 0 Å². The van der Waals surface area contributed by atoms with Gasteiger partial charge in [0.05, 0.1) is 17.0 Å². The molecule has 1 N–H and O–H groups in total. The van der Waals surface area contributed by atoms with Crippen LogP contribution in [0.4, 0.5) is 0 Å². The molecule has 3 aromatic rings. The van der Waals surface area contributed by atoms with Crippen molar-refractivity contribution < 1.29 is 5.11 Å². The summed E-state index contributed by atoms with van der Waals surface area (Å²) in [6.45, 7) is 2.01. The number of thiophene rings is 1. The molecule has 3 nitrogen and oxygen atoms in total. The van der Waals surface area contributed by atoms with E-state index < -0.39 is 6.10 Å². The quantitative estimate of drug-likeness (QED) is 0.789. The second-order valence-electron chi connectivity index (χ2n) is 4.73. The molecule has 20 heavy (non-hydrogen) atoms. The van der Waals surface area contributed by atoms with Gasteiger partial charge in [-0.15, -0.1) is 11.3 Å². The van der Waals surface area contributed by atoms with Crippen molar-refractivity contribution in [2.75, 3.05) is 0 Å². The fraction of sp³-hybridized carbons (Fsp3) is 0.188. The molecule has 0 aliphatic heterocycles. The minimum atomic E-state index is -0.552. The number of hydrogen-bond donors (Lipinski definition) is 1. The van der Waals surface area contributed by atoms with E-state index in [1.165, 1.54) is 0 Å². The van der Waals surface area contributed by atoms with Crippen LogP contribution in [0.25, 0.3) is 10.7 Å². The predicted octanol–water partition coefficient (Wildman–Crippen LogP) is 3.91. The van der Waals surface area contributed by atoms with Crippen molar-refractivity contribution >= 4 is 11.3 Å². The van der Waals surface area contributed by atoms with Crippen molar-refractivity contribution in [3.05, 3.63) is 65.8 Å². The number of rotatable bonds is 4. The Morgan fingerprint density at radius 3 is 2.65 bits per heavy atom. The molecular weight excluding hydrogens is 268 g/mol. The van der Waals surface area contributed by atoms with Crippen molar-refractivity contribution in [3.8, 4) is 10.7 Å². The summed E-state index contributed by atoms with van der Waals surface area (Å²) in [6.07, 6.45) is 3.15. The summed E-state index contributed by atoms with van der Waals surface area (Å²) < 4.78 is 2.03. The molecule has 0 spiro atoms. The molecule has 102 valence electrons. The number of nitrogens with zero attached hydrogens (tertiary/aromatic N) is 2. The molecule has 3 rings (SSSR count). The number of hydrogen-bond acceptors (Lipinski definition) is 3. The summed E-state index contributed by atoms with van der Waals surface area (Å²) in [5.74, 6) is 0.905. The highest BCUT2D eigenvalue weighted by Crippen LogP contribution is 2.31. The lowest BCUT2D eigenvalue weighted by atomic mass is 10.0. The first-order chi connectivity index (χ1) is 9.77. The van der Waals surface area contributed by atoms with Crippen LogP contribution in [-0.4, -0.2) is 14.7 Å². The van der Waals surface area contributed by atoms with E-state index in [1.807, 2.05) is 65.5 Å². The minimum Gasteiger partial charge on any atom is -0.386 e. The highest BCUT2D eigenvalue weighted by atomic mass is 32.1. The van der Waals surface area contributed by atoms with Gasteiger partial charge in [0.15, 0.2) is 0 Å². The Labute approximate surface area is 122 Å². The average molecular weight is 284 g/mol. The van der Waals surface area contributed by atoms with Gasteiger partial charge in [-0.25, -0.2) is 4.98 Å². The van der Waals surface area contributed by atoms with Crippen LogP contribution in [0.3, 0.4) is 0 Å². The molecule has 0 bridgehead atoms. The van der Waals surface area contributed by atoms with Crippen LogP contribution >= 0.6 is 11.3 Å². The summed E-state index contributed by atoms with van der Waals surface area (Å²) in [4.78, 5) is 5.53. The molecule has 1 aromatic carbocycles. The molecule has 2 aromatic heterocycles. The molecule has 0 aliphatic carbocycles. The highest BCUT2D eigenvalue weighted by molar-refractivity contribution is 7.13. The van der Waals surface area contributed by atoms with Crippen LogP contribution in [0.1, 0.15) is 24.6 Å². The molecule has 0 aliphatic rings. The zero-order valence-electron chi connectivity index (χ0n) is 11.2.